The fraction of sp³-hybridized carbons (Fsp3) is 0.292. The van der Waals surface area contributed by atoms with Crippen LogP contribution in [0.5, 0.6) is 5.75 Å². The zero-order valence-electron chi connectivity index (χ0n) is 18.4. The number of pyridine rings is 1. The molecule has 1 saturated heterocycles. The van der Waals surface area contributed by atoms with Crippen LogP contribution in [0.15, 0.2) is 54.6 Å². The van der Waals surface area contributed by atoms with Gasteiger partial charge in [-0.2, -0.15) is 0 Å². The molecule has 172 valence electrons. The molecule has 9 heteroatoms. The number of esters is 1. The highest BCUT2D eigenvalue weighted by Gasteiger charge is 2.33. The Labute approximate surface area is 192 Å². The zero-order valence-corrected chi connectivity index (χ0v) is 19.2. The van der Waals surface area contributed by atoms with Crippen molar-refractivity contribution in [2.45, 2.75) is 12.5 Å². The van der Waals surface area contributed by atoms with Crippen LogP contribution in [0.2, 0.25) is 0 Å². The van der Waals surface area contributed by atoms with E-state index in [1.54, 1.807) is 31.4 Å². The number of likely N-dealkylation sites (N-methyl/N-ethyl adjacent to an activating group) is 1. The number of carbonyl (C=O) groups is 2. The van der Waals surface area contributed by atoms with E-state index in [2.05, 4.69) is 4.98 Å². The van der Waals surface area contributed by atoms with Gasteiger partial charge in [0.05, 0.1) is 35.4 Å². The molecule has 4 rings (SSSR count). The summed E-state index contributed by atoms with van der Waals surface area (Å²) in [4.78, 5) is 31.5. The Kier molecular flexibility index (Phi) is 6.33. The molecular weight excluding hydrogens is 444 g/mol. The summed E-state index contributed by atoms with van der Waals surface area (Å²) in [6, 6.07) is 15.8. The van der Waals surface area contributed by atoms with Gasteiger partial charge in [0.25, 0.3) is 5.91 Å². The predicted molar refractivity (Wildman–Crippen MR) is 124 cm³/mol. The normalized spacial score (nSPS) is 17.0. The third-order valence-electron chi connectivity index (χ3n) is 5.80. The second-order valence-electron chi connectivity index (χ2n) is 7.94. The lowest BCUT2D eigenvalue weighted by molar-refractivity contribution is -0.134. The van der Waals surface area contributed by atoms with Crippen LogP contribution in [0.3, 0.4) is 0 Å². The molecule has 0 saturated carbocycles. The van der Waals surface area contributed by atoms with E-state index in [0.717, 1.165) is 5.56 Å². The van der Waals surface area contributed by atoms with Gasteiger partial charge in [-0.15, -0.1) is 0 Å². The molecule has 8 nitrogen and oxygen atoms in total. The molecule has 0 bridgehead atoms. The second kappa shape index (κ2) is 9.19. The van der Waals surface area contributed by atoms with E-state index >= 15 is 0 Å². The number of nitrogens with zero attached hydrogens (tertiary/aromatic N) is 2. The van der Waals surface area contributed by atoms with Crippen molar-refractivity contribution in [3.8, 4) is 17.0 Å². The van der Waals surface area contributed by atoms with Crippen LogP contribution in [-0.2, 0) is 19.4 Å². The first-order chi connectivity index (χ1) is 15.8. The number of sulfone groups is 1. The summed E-state index contributed by atoms with van der Waals surface area (Å²) < 4.78 is 33.9. The molecule has 1 amide bonds. The minimum Gasteiger partial charge on any atom is -0.497 e. The molecule has 33 heavy (non-hydrogen) atoms. The third kappa shape index (κ3) is 4.98. The number of rotatable bonds is 6. The molecule has 0 aliphatic carbocycles. The molecular formula is C24H24N2O6S. The van der Waals surface area contributed by atoms with Crippen LogP contribution in [0.1, 0.15) is 16.8 Å². The summed E-state index contributed by atoms with van der Waals surface area (Å²) in [6.45, 7) is -0.472. The Balaban J connectivity index is 1.55. The number of aromatic nitrogens is 1. The van der Waals surface area contributed by atoms with Gasteiger partial charge in [-0.1, -0.05) is 18.2 Å². The molecule has 1 aromatic heterocycles. The summed E-state index contributed by atoms with van der Waals surface area (Å²) in [5, 5.41) is 0.613. The molecule has 2 heterocycles. The van der Waals surface area contributed by atoms with E-state index in [1.165, 1.54) is 11.9 Å². The van der Waals surface area contributed by atoms with Crippen molar-refractivity contribution in [2.24, 2.45) is 0 Å². The van der Waals surface area contributed by atoms with Crippen LogP contribution in [0, 0.1) is 0 Å². The minimum atomic E-state index is -3.12. The van der Waals surface area contributed by atoms with Gasteiger partial charge in [-0.3, -0.25) is 4.79 Å². The summed E-state index contributed by atoms with van der Waals surface area (Å²) in [5.41, 5.74) is 2.31. The van der Waals surface area contributed by atoms with Crippen LogP contribution >= 0.6 is 0 Å². The number of amides is 1. The molecule has 1 atom stereocenters. The van der Waals surface area contributed by atoms with Gasteiger partial charge in [0, 0.05) is 24.0 Å². The molecule has 0 N–H and O–H groups in total. The van der Waals surface area contributed by atoms with Gasteiger partial charge in [0.1, 0.15) is 5.75 Å². The van der Waals surface area contributed by atoms with E-state index in [0.29, 0.717) is 34.3 Å². The number of methoxy groups -OCH3 is 1. The SMILES string of the molecule is COc1ccc(-c2cc(C(=O)OCC(=O)N(C)C3CCS(=O)(=O)C3)c3ccccc3n2)cc1. The number of hydrogen-bond donors (Lipinski definition) is 0. The molecule has 2 aromatic carbocycles. The standard InChI is InChI=1S/C24H24N2O6S/c1-26(17-11-12-33(29,30)15-17)23(27)14-32-24(28)20-13-22(16-7-9-18(31-2)10-8-16)25-21-6-4-3-5-19(20)21/h3-10,13,17H,11-12,14-15H2,1-2H3. The van der Waals surface area contributed by atoms with Gasteiger partial charge in [-0.05, 0) is 42.8 Å². The zero-order chi connectivity index (χ0) is 23.6. The van der Waals surface area contributed by atoms with Crippen molar-refractivity contribution < 1.29 is 27.5 Å². The molecule has 1 aliphatic heterocycles. The van der Waals surface area contributed by atoms with Crippen molar-refractivity contribution in [3.05, 3.63) is 60.2 Å². The molecule has 1 aliphatic rings. The Morgan fingerprint density at radius 3 is 2.52 bits per heavy atom. The maximum Gasteiger partial charge on any atom is 0.339 e. The fourth-order valence-corrected chi connectivity index (χ4v) is 5.62. The predicted octanol–water partition coefficient (Wildman–Crippen LogP) is 2.71. The van der Waals surface area contributed by atoms with Crippen LogP contribution in [0.4, 0.5) is 0 Å². The third-order valence-corrected chi connectivity index (χ3v) is 7.55. The molecule has 0 radical (unpaired) electrons. The van der Waals surface area contributed by atoms with Gasteiger partial charge >= 0.3 is 5.97 Å². The number of benzene rings is 2. The van der Waals surface area contributed by atoms with Gasteiger partial charge in [-0.25, -0.2) is 18.2 Å². The highest BCUT2D eigenvalue weighted by Crippen LogP contribution is 2.27. The van der Waals surface area contributed by atoms with Crippen LogP contribution in [0.25, 0.3) is 22.2 Å². The lowest BCUT2D eigenvalue weighted by atomic mass is 10.0. The van der Waals surface area contributed by atoms with Crippen molar-refractivity contribution >= 4 is 32.6 Å². The van der Waals surface area contributed by atoms with E-state index in [9.17, 15) is 18.0 Å². The first kappa shape index (κ1) is 22.7. The average Bonchev–Trinajstić information content (AvgIpc) is 3.20. The lowest BCUT2D eigenvalue weighted by Gasteiger charge is -2.23. The Morgan fingerprint density at radius 1 is 1.12 bits per heavy atom. The number of carbonyl (C=O) groups excluding carboxylic acids is 2. The first-order valence-electron chi connectivity index (χ1n) is 10.4. The fourth-order valence-electron chi connectivity index (χ4n) is 3.85. The van der Waals surface area contributed by atoms with E-state index < -0.39 is 34.4 Å². The lowest BCUT2D eigenvalue weighted by Crippen LogP contribution is -2.40. The summed E-state index contributed by atoms with van der Waals surface area (Å²) in [5.74, 6) is -0.393. The maximum atomic E-state index is 13.0. The molecule has 0 spiro atoms. The van der Waals surface area contributed by atoms with Gasteiger partial charge in [0.2, 0.25) is 0 Å². The largest absolute Gasteiger partial charge is 0.497 e. The number of para-hydroxylation sites is 1. The number of ether oxygens (including phenoxy) is 2. The van der Waals surface area contributed by atoms with Crippen molar-refractivity contribution in [3.63, 3.8) is 0 Å². The van der Waals surface area contributed by atoms with Crippen molar-refractivity contribution in [2.75, 3.05) is 32.3 Å². The van der Waals surface area contributed by atoms with Crippen molar-refractivity contribution in [1.82, 2.24) is 9.88 Å². The van der Waals surface area contributed by atoms with E-state index in [1.807, 2.05) is 30.3 Å². The summed E-state index contributed by atoms with van der Waals surface area (Å²) in [7, 11) is -0.00657. The Bertz CT molecular complexity index is 1300. The van der Waals surface area contributed by atoms with Crippen LogP contribution < -0.4 is 4.74 Å². The smallest absolute Gasteiger partial charge is 0.339 e. The molecule has 3 aromatic rings. The van der Waals surface area contributed by atoms with Crippen LogP contribution in [-0.4, -0.2) is 68.5 Å². The summed E-state index contributed by atoms with van der Waals surface area (Å²) >= 11 is 0. The van der Waals surface area contributed by atoms with Gasteiger partial charge < -0.3 is 14.4 Å². The Hall–Kier alpha value is -3.46. The van der Waals surface area contributed by atoms with Gasteiger partial charge in [0.15, 0.2) is 16.4 Å². The number of hydrogen-bond acceptors (Lipinski definition) is 7. The highest BCUT2D eigenvalue weighted by atomic mass is 32.2. The Morgan fingerprint density at radius 2 is 1.85 bits per heavy atom. The average molecular weight is 469 g/mol. The number of fused-ring (bicyclic) bond motifs is 1. The summed E-state index contributed by atoms with van der Waals surface area (Å²) in [6.07, 6.45) is 0.388. The maximum absolute atomic E-state index is 13.0. The quantitative estimate of drug-likeness (QED) is 0.513. The van der Waals surface area contributed by atoms with E-state index in [-0.39, 0.29) is 11.5 Å². The molecule has 1 fully saturated rings. The monoisotopic (exact) mass is 468 g/mol. The highest BCUT2D eigenvalue weighted by molar-refractivity contribution is 7.91. The van der Waals surface area contributed by atoms with Crippen molar-refractivity contribution in [1.29, 1.82) is 0 Å². The second-order valence-corrected chi connectivity index (χ2v) is 10.2. The topological polar surface area (TPSA) is 103 Å². The molecule has 1 unspecified atom stereocenters. The first-order valence-corrected chi connectivity index (χ1v) is 12.3. The minimum absolute atomic E-state index is 0.0617. The van der Waals surface area contributed by atoms with E-state index in [4.69, 9.17) is 9.47 Å².